The molecule has 0 aliphatic rings. The molecule has 0 fully saturated rings. The number of nitrogens with zero attached hydrogens (tertiary/aromatic N) is 1. The van der Waals surface area contributed by atoms with Crippen molar-refractivity contribution in [3.8, 4) is 5.75 Å². The largest absolute Gasteiger partial charge is 0.486 e. The number of nitrogens with one attached hydrogen (secondary N) is 1. The molecule has 0 spiro atoms. The second-order valence-electron chi connectivity index (χ2n) is 6.21. The van der Waals surface area contributed by atoms with E-state index in [1.165, 1.54) is 35.2 Å². The Bertz CT molecular complexity index is 980. The van der Waals surface area contributed by atoms with Crippen LogP contribution in [0.3, 0.4) is 0 Å². The smallest absolute Gasteiger partial charge is 0.291 e. The minimum atomic E-state index is -0.480. The number of hydrogen-bond donors (Lipinski definition) is 1. The maximum Gasteiger partial charge on any atom is 0.291 e. The number of amides is 2. The topological polar surface area (TPSA) is 71.8 Å². The summed E-state index contributed by atoms with van der Waals surface area (Å²) < 4.78 is 23.9. The number of para-hydroxylation sites is 1. The molecule has 0 atom stereocenters. The van der Waals surface area contributed by atoms with Gasteiger partial charge in [0.25, 0.3) is 11.8 Å². The lowest BCUT2D eigenvalue weighted by molar-refractivity contribution is 0.0828. The van der Waals surface area contributed by atoms with Crippen LogP contribution in [0.15, 0.2) is 65.1 Å². The summed E-state index contributed by atoms with van der Waals surface area (Å²) in [4.78, 5) is 26.1. The lowest BCUT2D eigenvalue weighted by Crippen LogP contribution is -2.24. The molecule has 1 aromatic heterocycles. The molecule has 7 heteroatoms. The van der Waals surface area contributed by atoms with Crippen molar-refractivity contribution < 1.29 is 23.1 Å². The third kappa shape index (κ3) is 4.56. The quantitative estimate of drug-likeness (QED) is 0.701. The zero-order chi connectivity index (χ0) is 20.1. The van der Waals surface area contributed by atoms with E-state index in [-0.39, 0.29) is 24.1 Å². The van der Waals surface area contributed by atoms with Crippen LogP contribution in [0, 0.1) is 5.82 Å². The normalized spacial score (nSPS) is 10.4. The van der Waals surface area contributed by atoms with E-state index in [0.717, 1.165) is 0 Å². The standard InChI is InChI=1S/C21H19FN2O4/c1-24(2)21(26)17-5-3-4-6-18(17)23-20(25)19-12-11-16(28-19)13-27-15-9-7-14(22)8-10-15/h3-12H,13H2,1-2H3,(H,23,25). The molecule has 1 N–H and O–H groups in total. The summed E-state index contributed by atoms with van der Waals surface area (Å²) in [6, 6.07) is 15.5. The molecule has 0 saturated carbocycles. The molecule has 3 aromatic rings. The minimum absolute atomic E-state index is 0.0878. The maximum atomic E-state index is 12.9. The molecule has 1 heterocycles. The molecule has 2 amide bonds. The van der Waals surface area contributed by atoms with Crippen molar-refractivity contribution in [2.45, 2.75) is 6.61 Å². The molecule has 2 aromatic carbocycles. The van der Waals surface area contributed by atoms with E-state index < -0.39 is 5.91 Å². The Balaban J connectivity index is 1.66. The van der Waals surface area contributed by atoms with Gasteiger partial charge in [-0.05, 0) is 48.5 Å². The molecule has 0 bridgehead atoms. The highest BCUT2D eigenvalue weighted by Gasteiger charge is 2.17. The first kappa shape index (κ1) is 19.2. The van der Waals surface area contributed by atoms with Crippen LogP contribution in [-0.4, -0.2) is 30.8 Å². The number of halogens is 1. The third-order valence-corrected chi connectivity index (χ3v) is 3.89. The third-order valence-electron chi connectivity index (χ3n) is 3.89. The average Bonchev–Trinajstić information content (AvgIpc) is 3.16. The van der Waals surface area contributed by atoms with Gasteiger partial charge in [0.2, 0.25) is 0 Å². The summed E-state index contributed by atoms with van der Waals surface area (Å²) in [5.41, 5.74) is 0.777. The summed E-state index contributed by atoms with van der Waals surface area (Å²) in [5.74, 6) is -0.0371. The fraction of sp³-hybridized carbons (Fsp3) is 0.143. The summed E-state index contributed by atoms with van der Waals surface area (Å²) in [6.45, 7) is 0.0919. The highest BCUT2D eigenvalue weighted by atomic mass is 19.1. The number of carbonyl (C=O) groups excluding carboxylic acids is 2. The van der Waals surface area contributed by atoms with Crippen molar-refractivity contribution >= 4 is 17.5 Å². The molecular formula is C21H19FN2O4. The van der Waals surface area contributed by atoms with E-state index in [9.17, 15) is 14.0 Å². The number of furan rings is 1. The van der Waals surface area contributed by atoms with Gasteiger partial charge in [0.15, 0.2) is 5.76 Å². The number of hydrogen-bond acceptors (Lipinski definition) is 4. The van der Waals surface area contributed by atoms with E-state index in [1.54, 1.807) is 44.4 Å². The predicted molar refractivity (Wildman–Crippen MR) is 102 cm³/mol. The molecule has 6 nitrogen and oxygen atoms in total. The van der Waals surface area contributed by atoms with Gasteiger partial charge in [0.05, 0.1) is 11.3 Å². The molecule has 3 rings (SSSR count). The number of anilines is 1. The molecule has 0 radical (unpaired) electrons. The van der Waals surface area contributed by atoms with Crippen LogP contribution in [0.4, 0.5) is 10.1 Å². The van der Waals surface area contributed by atoms with E-state index in [2.05, 4.69) is 5.32 Å². The Kier molecular flexibility index (Phi) is 5.74. The summed E-state index contributed by atoms with van der Waals surface area (Å²) >= 11 is 0. The molecule has 0 saturated heterocycles. The Morgan fingerprint density at radius 2 is 1.75 bits per heavy atom. The van der Waals surface area contributed by atoms with Gasteiger partial charge >= 0.3 is 0 Å². The summed E-state index contributed by atoms with van der Waals surface area (Å²) in [7, 11) is 3.28. The van der Waals surface area contributed by atoms with Gasteiger partial charge in [-0.2, -0.15) is 0 Å². The number of rotatable bonds is 6. The number of ether oxygens (including phenoxy) is 1. The van der Waals surface area contributed by atoms with E-state index in [1.807, 2.05) is 0 Å². The Hall–Kier alpha value is -3.61. The van der Waals surface area contributed by atoms with Crippen molar-refractivity contribution in [1.82, 2.24) is 4.90 Å². The lowest BCUT2D eigenvalue weighted by atomic mass is 10.1. The molecule has 0 aliphatic carbocycles. The van der Waals surface area contributed by atoms with Crippen molar-refractivity contribution in [2.75, 3.05) is 19.4 Å². The first-order valence-corrected chi connectivity index (χ1v) is 8.53. The first-order chi connectivity index (χ1) is 13.4. The fourth-order valence-electron chi connectivity index (χ4n) is 2.47. The van der Waals surface area contributed by atoms with Gasteiger partial charge in [-0.15, -0.1) is 0 Å². The predicted octanol–water partition coefficient (Wildman–Crippen LogP) is 3.95. The van der Waals surface area contributed by atoms with Gasteiger partial charge in [-0.25, -0.2) is 4.39 Å². The SMILES string of the molecule is CN(C)C(=O)c1ccccc1NC(=O)c1ccc(COc2ccc(F)cc2)o1. The Morgan fingerprint density at radius 3 is 2.46 bits per heavy atom. The van der Waals surface area contributed by atoms with Crippen LogP contribution in [0.2, 0.25) is 0 Å². The minimum Gasteiger partial charge on any atom is -0.486 e. The highest BCUT2D eigenvalue weighted by molar-refractivity contribution is 6.07. The van der Waals surface area contributed by atoms with Crippen LogP contribution < -0.4 is 10.1 Å². The van der Waals surface area contributed by atoms with Crippen LogP contribution in [0.5, 0.6) is 5.75 Å². The van der Waals surface area contributed by atoms with Crippen molar-refractivity contribution in [1.29, 1.82) is 0 Å². The number of benzene rings is 2. The second kappa shape index (κ2) is 8.39. The summed E-state index contributed by atoms with van der Waals surface area (Å²) in [5, 5.41) is 2.69. The Morgan fingerprint density at radius 1 is 1.04 bits per heavy atom. The van der Waals surface area contributed by atoms with Crippen molar-refractivity contribution in [2.24, 2.45) is 0 Å². The van der Waals surface area contributed by atoms with Gasteiger partial charge in [0.1, 0.15) is 23.9 Å². The van der Waals surface area contributed by atoms with Gasteiger partial charge in [-0.3, -0.25) is 9.59 Å². The molecule has 144 valence electrons. The van der Waals surface area contributed by atoms with Crippen molar-refractivity contribution in [3.05, 3.63) is 83.6 Å². The van der Waals surface area contributed by atoms with Crippen molar-refractivity contribution in [3.63, 3.8) is 0 Å². The summed E-state index contributed by atoms with van der Waals surface area (Å²) in [6.07, 6.45) is 0. The molecule has 0 aliphatic heterocycles. The van der Waals surface area contributed by atoms with E-state index >= 15 is 0 Å². The second-order valence-corrected chi connectivity index (χ2v) is 6.21. The zero-order valence-corrected chi connectivity index (χ0v) is 15.4. The number of carbonyl (C=O) groups is 2. The molecule has 0 unspecified atom stereocenters. The van der Waals surface area contributed by atoms with E-state index in [4.69, 9.17) is 9.15 Å². The fourth-order valence-corrected chi connectivity index (χ4v) is 2.47. The van der Waals surface area contributed by atoms with Crippen LogP contribution in [0.1, 0.15) is 26.7 Å². The van der Waals surface area contributed by atoms with Crippen LogP contribution in [-0.2, 0) is 6.61 Å². The molecule has 28 heavy (non-hydrogen) atoms. The van der Waals surface area contributed by atoms with Gasteiger partial charge in [0, 0.05) is 14.1 Å². The van der Waals surface area contributed by atoms with Gasteiger partial charge < -0.3 is 19.4 Å². The van der Waals surface area contributed by atoms with E-state index in [0.29, 0.717) is 22.8 Å². The average molecular weight is 382 g/mol. The lowest BCUT2D eigenvalue weighted by Gasteiger charge is -2.14. The zero-order valence-electron chi connectivity index (χ0n) is 15.4. The van der Waals surface area contributed by atoms with Gasteiger partial charge in [-0.1, -0.05) is 12.1 Å². The Labute approximate surface area is 161 Å². The maximum absolute atomic E-state index is 12.9. The first-order valence-electron chi connectivity index (χ1n) is 8.53. The van der Waals surface area contributed by atoms with Crippen LogP contribution >= 0.6 is 0 Å². The van der Waals surface area contributed by atoms with Crippen LogP contribution in [0.25, 0.3) is 0 Å². The monoisotopic (exact) mass is 382 g/mol. The highest BCUT2D eigenvalue weighted by Crippen LogP contribution is 2.19. The molecular weight excluding hydrogens is 363 g/mol.